The van der Waals surface area contributed by atoms with Gasteiger partial charge in [0.15, 0.2) is 0 Å². The van der Waals surface area contributed by atoms with E-state index in [4.69, 9.17) is 17.3 Å². The molecule has 0 atom stereocenters. The molecular weight excluding hydrogens is 346 g/mol. The third-order valence-corrected chi connectivity index (χ3v) is 3.04. The van der Waals surface area contributed by atoms with Gasteiger partial charge in [0.1, 0.15) is 5.75 Å². The molecular formula is C21H34ClN3O. The number of aromatic hydroxyl groups is 1. The largest absolute Gasteiger partial charge is 0.507 e. The highest BCUT2D eigenvalue weighted by Gasteiger charge is 2.11. The number of hydrogen-bond donors (Lipinski definition) is 2. The summed E-state index contributed by atoms with van der Waals surface area (Å²) in [5.74, 6) is 0.0897. The smallest absolute Gasteiger partial charge is 0.126 e. The molecule has 1 rings (SSSR count). The lowest BCUT2D eigenvalue weighted by atomic mass is 10.0. The molecule has 0 spiro atoms. The second kappa shape index (κ2) is 16.4. The van der Waals surface area contributed by atoms with Crippen LogP contribution in [0.25, 0.3) is 0 Å². The Morgan fingerprint density at radius 1 is 1.19 bits per heavy atom. The number of hydrogen-bond acceptors (Lipinski definition) is 4. The lowest BCUT2D eigenvalue weighted by Gasteiger charge is -2.09. The van der Waals surface area contributed by atoms with Crippen LogP contribution in [0.5, 0.6) is 5.75 Å². The second-order valence-corrected chi connectivity index (χ2v) is 5.29. The summed E-state index contributed by atoms with van der Waals surface area (Å²) in [6, 6.07) is 4.97. The number of phenolic OH excluding ortho intramolecular Hbond substituents is 1. The predicted octanol–water partition coefficient (Wildman–Crippen LogP) is 6.13. The molecule has 0 bridgehead atoms. The van der Waals surface area contributed by atoms with Crippen LogP contribution in [0.2, 0.25) is 5.02 Å². The fourth-order valence-corrected chi connectivity index (χ4v) is 1.91. The lowest BCUT2D eigenvalue weighted by Crippen LogP contribution is -2.05. The average molecular weight is 380 g/mol. The quantitative estimate of drug-likeness (QED) is 0.583. The lowest BCUT2D eigenvalue weighted by molar-refractivity contribution is 0.474. The molecule has 5 heteroatoms. The van der Waals surface area contributed by atoms with Gasteiger partial charge in [-0.3, -0.25) is 9.98 Å². The first-order chi connectivity index (χ1) is 12.5. The number of nitrogens with zero attached hydrogens (tertiary/aromatic N) is 2. The molecule has 3 N–H and O–H groups in total. The fraction of sp³-hybridized carbons (Fsp3) is 0.429. The summed E-state index contributed by atoms with van der Waals surface area (Å²) in [6.45, 7) is 14.2. The van der Waals surface area contributed by atoms with E-state index in [0.717, 1.165) is 12.0 Å². The second-order valence-electron chi connectivity index (χ2n) is 4.85. The standard InChI is InChI=1S/C17H22ClN3O.2C2H6/c1-4-8-20-11-12(2)17(21-9-7-13(3)19)15-6-5-14(18)10-16(15)22;2*1-2/h5-8,10-11,22H,4,9,19H2,1-3H3;2*1-2H3/b12-11+,13-7+,20-8?,21-17?;;. The highest BCUT2D eigenvalue weighted by molar-refractivity contribution is 6.31. The highest BCUT2D eigenvalue weighted by Crippen LogP contribution is 2.25. The number of benzene rings is 1. The summed E-state index contributed by atoms with van der Waals surface area (Å²) in [4.78, 5) is 8.73. The van der Waals surface area contributed by atoms with Gasteiger partial charge in [0.05, 0.1) is 12.3 Å². The van der Waals surface area contributed by atoms with Crippen LogP contribution in [-0.2, 0) is 0 Å². The molecule has 4 nitrogen and oxygen atoms in total. The minimum Gasteiger partial charge on any atom is -0.507 e. The van der Waals surface area contributed by atoms with E-state index < -0.39 is 0 Å². The van der Waals surface area contributed by atoms with E-state index in [9.17, 15) is 5.11 Å². The van der Waals surface area contributed by atoms with Gasteiger partial charge < -0.3 is 10.8 Å². The molecule has 0 radical (unpaired) electrons. The molecule has 146 valence electrons. The molecule has 0 unspecified atom stereocenters. The zero-order chi connectivity index (χ0) is 20.5. The van der Waals surface area contributed by atoms with Gasteiger partial charge in [0.25, 0.3) is 0 Å². The van der Waals surface area contributed by atoms with Gasteiger partial charge in [-0.25, -0.2) is 0 Å². The van der Waals surface area contributed by atoms with Crippen LogP contribution in [0.3, 0.4) is 0 Å². The van der Waals surface area contributed by atoms with E-state index in [0.29, 0.717) is 28.5 Å². The van der Waals surface area contributed by atoms with Crippen molar-refractivity contribution in [3.63, 3.8) is 0 Å². The molecule has 0 aliphatic rings. The molecule has 0 aliphatic carbocycles. The Labute approximate surface area is 164 Å². The van der Waals surface area contributed by atoms with Crippen molar-refractivity contribution in [1.29, 1.82) is 0 Å². The van der Waals surface area contributed by atoms with Gasteiger partial charge in [-0.15, -0.1) is 0 Å². The van der Waals surface area contributed by atoms with Crippen molar-refractivity contribution in [3.8, 4) is 5.75 Å². The Morgan fingerprint density at radius 2 is 1.81 bits per heavy atom. The molecule has 0 fully saturated rings. The van der Waals surface area contributed by atoms with Crippen LogP contribution in [0.4, 0.5) is 0 Å². The number of allylic oxidation sites excluding steroid dienone is 2. The highest BCUT2D eigenvalue weighted by atomic mass is 35.5. The van der Waals surface area contributed by atoms with Crippen molar-refractivity contribution in [2.75, 3.05) is 6.54 Å². The van der Waals surface area contributed by atoms with Crippen molar-refractivity contribution in [2.45, 2.75) is 54.9 Å². The van der Waals surface area contributed by atoms with Gasteiger partial charge >= 0.3 is 0 Å². The summed E-state index contributed by atoms with van der Waals surface area (Å²) >= 11 is 5.89. The van der Waals surface area contributed by atoms with Crippen LogP contribution in [0.1, 0.15) is 60.5 Å². The van der Waals surface area contributed by atoms with E-state index in [2.05, 4.69) is 9.98 Å². The van der Waals surface area contributed by atoms with E-state index in [-0.39, 0.29) is 5.75 Å². The SMILES string of the molecule is CC.CC.CCC=N/C=C(\C)C(=NC/C=C(\C)N)c1ccc(Cl)cc1O. The Hall–Kier alpha value is -2.07. The summed E-state index contributed by atoms with van der Waals surface area (Å²) < 4.78 is 0. The topological polar surface area (TPSA) is 71.0 Å². The molecule has 0 heterocycles. The first-order valence-corrected chi connectivity index (χ1v) is 9.47. The first kappa shape index (κ1) is 26.2. The molecule has 1 aromatic rings. The van der Waals surface area contributed by atoms with E-state index in [1.807, 2.05) is 60.8 Å². The predicted molar refractivity (Wildman–Crippen MR) is 118 cm³/mol. The zero-order valence-electron chi connectivity index (χ0n) is 17.2. The number of nitrogens with two attached hydrogens (primary N) is 1. The molecule has 1 aromatic carbocycles. The molecule has 0 saturated carbocycles. The molecule has 0 aromatic heterocycles. The summed E-state index contributed by atoms with van der Waals surface area (Å²) in [6.07, 6.45) is 6.22. The van der Waals surface area contributed by atoms with Crippen LogP contribution in [0.15, 0.2) is 51.7 Å². The minimum absolute atomic E-state index is 0.0897. The third-order valence-electron chi connectivity index (χ3n) is 2.81. The Kier molecular flexibility index (Phi) is 16.5. The van der Waals surface area contributed by atoms with Gasteiger partial charge in [0.2, 0.25) is 0 Å². The minimum atomic E-state index is 0.0897. The molecule has 26 heavy (non-hydrogen) atoms. The van der Waals surface area contributed by atoms with Gasteiger partial charge in [0, 0.05) is 28.7 Å². The van der Waals surface area contributed by atoms with Crippen LogP contribution >= 0.6 is 11.6 Å². The van der Waals surface area contributed by atoms with Crippen molar-refractivity contribution < 1.29 is 5.11 Å². The number of rotatable bonds is 6. The zero-order valence-corrected chi connectivity index (χ0v) is 17.9. The van der Waals surface area contributed by atoms with Gasteiger partial charge in [-0.1, -0.05) is 46.2 Å². The molecule has 0 aliphatic heterocycles. The average Bonchev–Trinajstić information content (AvgIpc) is 2.63. The maximum atomic E-state index is 10.1. The van der Waals surface area contributed by atoms with Crippen LogP contribution in [0, 0.1) is 0 Å². The first-order valence-electron chi connectivity index (χ1n) is 9.10. The third kappa shape index (κ3) is 10.7. The van der Waals surface area contributed by atoms with E-state index in [1.54, 1.807) is 18.3 Å². The molecule has 0 amide bonds. The maximum absolute atomic E-state index is 10.1. The maximum Gasteiger partial charge on any atom is 0.126 e. The van der Waals surface area contributed by atoms with E-state index >= 15 is 0 Å². The van der Waals surface area contributed by atoms with Crippen molar-refractivity contribution in [2.24, 2.45) is 15.7 Å². The monoisotopic (exact) mass is 379 g/mol. The van der Waals surface area contributed by atoms with Crippen LogP contribution < -0.4 is 5.73 Å². The fourth-order valence-electron chi connectivity index (χ4n) is 1.74. The van der Waals surface area contributed by atoms with E-state index in [1.165, 1.54) is 6.07 Å². The summed E-state index contributed by atoms with van der Waals surface area (Å²) in [5, 5.41) is 10.6. The summed E-state index contributed by atoms with van der Waals surface area (Å²) in [5.41, 5.74) is 8.47. The Bertz CT molecular complexity index is 628. The number of aliphatic imine (C=N–C) groups is 2. The van der Waals surface area contributed by atoms with Gasteiger partial charge in [-0.05, 0) is 50.1 Å². The number of phenols is 1. The summed E-state index contributed by atoms with van der Waals surface area (Å²) in [7, 11) is 0. The van der Waals surface area contributed by atoms with Crippen molar-refractivity contribution >= 4 is 23.5 Å². The van der Waals surface area contributed by atoms with Crippen molar-refractivity contribution in [1.82, 2.24) is 0 Å². The normalized spacial score (nSPS) is 12.2. The number of halogens is 1. The Morgan fingerprint density at radius 3 is 2.31 bits per heavy atom. The molecule has 0 saturated heterocycles. The van der Waals surface area contributed by atoms with Crippen LogP contribution in [-0.4, -0.2) is 23.6 Å². The van der Waals surface area contributed by atoms with Crippen molar-refractivity contribution in [3.05, 3.63) is 52.3 Å². The Balaban J connectivity index is 0. The van der Waals surface area contributed by atoms with Gasteiger partial charge in [-0.2, -0.15) is 0 Å².